The van der Waals surface area contributed by atoms with E-state index in [1.54, 1.807) is 19.2 Å². The SMILES string of the molecule is CN(C(=O)c1ccc(S(=O)(=O)Nc2ccccc2F)cc1)c1ccccc1. The van der Waals surface area contributed by atoms with Crippen molar-refractivity contribution in [3.8, 4) is 0 Å². The molecule has 0 heterocycles. The van der Waals surface area contributed by atoms with Crippen LogP contribution in [0.25, 0.3) is 0 Å². The van der Waals surface area contributed by atoms with Crippen molar-refractivity contribution in [2.75, 3.05) is 16.7 Å². The van der Waals surface area contributed by atoms with Crippen LogP contribution in [0.3, 0.4) is 0 Å². The summed E-state index contributed by atoms with van der Waals surface area (Å²) >= 11 is 0. The van der Waals surface area contributed by atoms with Gasteiger partial charge in [0.15, 0.2) is 0 Å². The summed E-state index contributed by atoms with van der Waals surface area (Å²) in [5, 5.41) is 0. The van der Waals surface area contributed by atoms with Crippen molar-refractivity contribution in [2.24, 2.45) is 0 Å². The van der Waals surface area contributed by atoms with Crippen molar-refractivity contribution in [1.29, 1.82) is 0 Å². The van der Waals surface area contributed by atoms with Crippen molar-refractivity contribution < 1.29 is 17.6 Å². The number of nitrogens with one attached hydrogen (secondary N) is 1. The highest BCUT2D eigenvalue weighted by Crippen LogP contribution is 2.20. The number of carbonyl (C=O) groups is 1. The summed E-state index contributed by atoms with van der Waals surface area (Å²) in [6.07, 6.45) is 0. The first-order valence-electron chi connectivity index (χ1n) is 8.09. The van der Waals surface area contributed by atoms with Crippen LogP contribution in [0.2, 0.25) is 0 Å². The third-order valence-corrected chi connectivity index (χ3v) is 5.36. The number of anilines is 2. The minimum absolute atomic E-state index is 0.0651. The van der Waals surface area contributed by atoms with Crippen molar-refractivity contribution in [3.63, 3.8) is 0 Å². The molecule has 3 rings (SSSR count). The third-order valence-electron chi connectivity index (χ3n) is 3.98. The van der Waals surface area contributed by atoms with Crippen LogP contribution in [0.1, 0.15) is 10.4 Å². The van der Waals surface area contributed by atoms with E-state index in [0.29, 0.717) is 5.56 Å². The zero-order valence-electron chi connectivity index (χ0n) is 14.5. The van der Waals surface area contributed by atoms with Gasteiger partial charge in [-0.1, -0.05) is 30.3 Å². The third kappa shape index (κ3) is 4.15. The fourth-order valence-electron chi connectivity index (χ4n) is 2.49. The van der Waals surface area contributed by atoms with E-state index in [4.69, 9.17) is 0 Å². The van der Waals surface area contributed by atoms with Gasteiger partial charge in [-0.25, -0.2) is 12.8 Å². The summed E-state index contributed by atoms with van der Waals surface area (Å²) in [4.78, 5) is 14.0. The number of amides is 1. The largest absolute Gasteiger partial charge is 0.311 e. The van der Waals surface area contributed by atoms with Crippen molar-refractivity contribution in [1.82, 2.24) is 0 Å². The van der Waals surface area contributed by atoms with Gasteiger partial charge < -0.3 is 4.90 Å². The Bertz CT molecular complexity index is 1050. The Morgan fingerprint density at radius 3 is 2.11 bits per heavy atom. The molecular formula is C20H17FN2O3S. The Morgan fingerprint density at radius 2 is 1.48 bits per heavy atom. The van der Waals surface area contributed by atoms with E-state index in [0.717, 1.165) is 5.69 Å². The number of rotatable bonds is 5. The molecular weight excluding hydrogens is 367 g/mol. The van der Waals surface area contributed by atoms with Crippen molar-refractivity contribution in [3.05, 3.63) is 90.2 Å². The average Bonchev–Trinajstić information content (AvgIpc) is 2.69. The number of hydrogen-bond donors (Lipinski definition) is 1. The predicted molar refractivity (Wildman–Crippen MR) is 103 cm³/mol. The second-order valence-corrected chi connectivity index (χ2v) is 7.49. The van der Waals surface area contributed by atoms with E-state index in [1.807, 2.05) is 18.2 Å². The van der Waals surface area contributed by atoms with Crippen LogP contribution in [-0.2, 0) is 10.0 Å². The van der Waals surface area contributed by atoms with Crippen LogP contribution in [0, 0.1) is 5.82 Å². The van der Waals surface area contributed by atoms with Gasteiger partial charge in [0.2, 0.25) is 0 Å². The molecule has 0 fully saturated rings. The first-order valence-corrected chi connectivity index (χ1v) is 9.57. The minimum Gasteiger partial charge on any atom is -0.311 e. The predicted octanol–water partition coefficient (Wildman–Crippen LogP) is 3.90. The van der Waals surface area contributed by atoms with E-state index in [1.165, 1.54) is 53.4 Å². The Kier molecular flexibility index (Phi) is 5.23. The number of carbonyl (C=O) groups excluding carboxylic acids is 1. The average molecular weight is 384 g/mol. The smallest absolute Gasteiger partial charge is 0.261 e. The molecule has 3 aromatic rings. The van der Waals surface area contributed by atoms with Gasteiger partial charge in [-0.2, -0.15) is 0 Å². The van der Waals surface area contributed by atoms with Crippen LogP contribution in [0.15, 0.2) is 83.8 Å². The number of halogens is 1. The lowest BCUT2D eigenvalue weighted by Crippen LogP contribution is -2.26. The zero-order valence-corrected chi connectivity index (χ0v) is 15.3. The van der Waals surface area contributed by atoms with Crippen LogP contribution in [0.5, 0.6) is 0 Å². The molecule has 5 nitrogen and oxygen atoms in total. The van der Waals surface area contributed by atoms with Gasteiger partial charge in [0.05, 0.1) is 10.6 Å². The molecule has 3 aromatic carbocycles. The second kappa shape index (κ2) is 7.59. The highest BCUT2D eigenvalue weighted by Gasteiger charge is 2.18. The Balaban J connectivity index is 1.80. The quantitative estimate of drug-likeness (QED) is 0.725. The van der Waals surface area contributed by atoms with Crippen LogP contribution >= 0.6 is 0 Å². The maximum atomic E-state index is 13.7. The van der Waals surface area contributed by atoms with Gasteiger partial charge in [-0.15, -0.1) is 0 Å². The Hall–Kier alpha value is -3.19. The molecule has 0 atom stereocenters. The first-order chi connectivity index (χ1) is 12.9. The lowest BCUT2D eigenvalue weighted by atomic mass is 10.2. The maximum Gasteiger partial charge on any atom is 0.261 e. The van der Waals surface area contributed by atoms with E-state index >= 15 is 0 Å². The monoisotopic (exact) mass is 384 g/mol. The highest BCUT2D eigenvalue weighted by molar-refractivity contribution is 7.92. The minimum atomic E-state index is -3.97. The number of para-hydroxylation sites is 2. The molecule has 0 aliphatic heterocycles. The molecule has 0 bridgehead atoms. The summed E-state index contributed by atoms with van der Waals surface area (Å²) in [7, 11) is -2.32. The van der Waals surface area contributed by atoms with Crippen molar-refractivity contribution >= 4 is 27.3 Å². The molecule has 27 heavy (non-hydrogen) atoms. The molecule has 1 N–H and O–H groups in total. The van der Waals surface area contributed by atoms with Gasteiger partial charge >= 0.3 is 0 Å². The van der Waals surface area contributed by atoms with Gasteiger partial charge in [-0.3, -0.25) is 9.52 Å². The fourth-order valence-corrected chi connectivity index (χ4v) is 3.55. The Labute approximate surface area is 157 Å². The molecule has 0 unspecified atom stereocenters. The molecule has 138 valence electrons. The standard InChI is InChI=1S/C20H17FN2O3S/c1-23(16-7-3-2-4-8-16)20(24)15-11-13-17(14-12-15)27(25,26)22-19-10-6-5-9-18(19)21/h2-14,22H,1H3. The number of benzene rings is 3. The molecule has 0 aliphatic carbocycles. The summed E-state index contributed by atoms with van der Waals surface area (Å²) in [5.74, 6) is -0.940. The molecule has 0 saturated heterocycles. The number of hydrogen-bond acceptors (Lipinski definition) is 3. The van der Waals surface area contributed by atoms with E-state index in [-0.39, 0.29) is 16.5 Å². The topological polar surface area (TPSA) is 66.5 Å². The van der Waals surface area contributed by atoms with Crippen molar-refractivity contribution in [2.45, 2.75) is 4.90 Å². The molecule has 0 aliphatic rings. The number of nitrogens with zero attached hydrogens (tertiary/aromatic N) is 1. The van der Waals surface area contributed by atoms with Crippen LogP contribution in [-0.4, -0.2) is 21.4 Å². The second-order valence-electron chi connectivity index (χ2n) is 5.81. The lowest BCUT2D eigenvalue weighted by molar-refractivity contribution is 0.0993. The van der Waals surface area contributed by atoms with Crippen LogP contribution in [0.4, 0.5) is 15.8 Å². The first kappa shape index (κ1) is 18.6. The summed E-state index contributed by atoms with van der Waals surface area (Å²) in [6, 6.07) is 20.1. The molecule has 0 saturated carbocycles. The number of sulfonamides is 1. The summed E-state index contributed by atoms with van der Waals surface area (Å²) in [6.45, 7) is 0. The van der Waals surface area contributed by atoms with Gasteiger partial charge in [0.25, 0.3) is 15.9 Å². The van der Waals surface area contributed by atoms with Gasteiger partial charge in [0.1, 0.15) is 5.82 Å². The highest BCUT2D eigenvalue weighted by atomic mass is 32.2. The molecule has 0 aromatic heterocycles. The lowest BCUT2D eigenvalue weighted by Gasteiger charge is -2.17. The van der Waals surface area contributed by atoms with E-state index < -0.39 is 15.8 Å². The van der Waals surface area contributed by atoms with Crippen LogP contribution < -0.4 is 9.62 Å². The summed E-state index contributed by atoms with van der Waals surface area (Å²) < 4.78 is 40.7. The molecule has 0 radical (unpaired) electrons. The van der Waals surface area contributed by atoms with E-state index in [2.05, 4.69) is 4.72 Å². The van der Waals surface area contributed by atoms with E-state index in [9.17, 15) is 17.6 Å². The fraction of sp³-hybridized carbons (Fsp3) is 0.0500. The molecule has 0 spiro atoms. The zero-order chi connectivity index (χ0) is 19.4. The van der Waals surface area contributed by atoms with Gasteiger partial charge in [0, 0.05) is 18.3 Å². The molecule has 1 amide bonds. The normalized spacial score (nSPS) is 11.0. The molecule has 7 heteroatoms. The summed E-state index contributed by atoms with van der Waals surface area (Å²) in [5.41, 5.74) is 0.924. The maximum absolute atomic E-state index is 13.7. The Morgan fingerprint density at radius 1 is 0.889 bits per heavy atom. The van der Waals surface area contributed by atoms with Gasteiger partial charge in [-0.05, 0) is 48.5 Å².